The molecule has 0 saturated carbocycles. The number of fused-ring (bicyclic) bond motifs is 3. The van der Waals surface area contributed by atoms with Crippen molar-refractivity contribution in [3.05, 3.63) is 48.5 Å². The Balaban J connectivity index is 2.25. The smallest absolute Gasteiger partial charge is 0.266 e. The molecule has 1 heterocycles. The summed E-state index contributed by atoms with van der Waals surface area (Å²) in [4.78, 5) is 0. The average molecular weight is 275 g/mol. The molecule has 0 unspecified atom stereocenters. The summed E-state index contributed by atoms with van der Waals surface area (Å²) in [6.07, 6.45) is 0. The predicted octanol–water partition coefficient (Wildman–Crippen LogP) is 2.68. The van der Waals surface area contributed by atoms with Crippen LogP contribution in [-0.4, -0.2) is 23.3 Å². The monoisotopic (exact) mass is 275 g/mol. The summed E-state index contributed by atoms with van der Waals surface area (Å²) in [5.74, 6) is -0.282. The van der Waals surface area contributed by atoms with Gasteiger partial charge in [-0.1, -0.05) is 36.4 Å². The van der Waals surface area contributed by atoms with Gasteiger partial charge < -0.3 is 4.57 Å². The van der Waals surface area contributed by atoms with Gasteiger partial charge in [0.2, 0.25) is 0 Å². The third-order valence-electron chi connectivity index (χ3n) is 3.25. The van der Waals surface area contributed by atoms with Gasteiger partial charge in [-0.2, -0.15) is 8.42 Å². The Hall–Kier alpha value is -1.85. The summed E-state index contributed by atoms with van der Waals surface area (Å²) in [5.41, 5.74) is 1.96. The number of benzene rings is 2. The molecule has 0 spiro atoms. The van der Waals surface area contributed by atoms with Crippen molar-refractivity contribution in [2.75, 3.05) is 5.75 Å². The molecule has 98 valence electrons. The normalized spacial score (nSPS) is 12.3. The molecule has 0 amide bonds. The highest BCUT2D eigenvalue weighted by Crippen LogP contribution is 2.28. The highest BCUT2D eigenvalue weighted by atomic mass is 32.2. The van der Waals surface area contributed by atoms with Crippen LogP contribution in [0.25, 0.3) is 21.8 Å². The summed E-state index contributed by atoms with van der Waals surface area (Å²) >= 11 is 0. The van der Waals surface area contributed by atoms with Crippen molar-refractivity contribution < 1.29 is 13.0 Å². The van der Waals surface area contributed by atoms with Crippen molar-refractivity contribution in [2.24, 2.45) is 0 Å². The zero-order valence-corrected chi connectivity index (χ0v) is 11.0. The third kappa shape index (κ3) is 2.22. The topological polar surface area (TPSA) is 59.3 Å². The lowest BCUT2D eigenvalue weighted by molar-refractivity contribution is 0.479. The Morgan fingerprint density at radius 1 is 0.895 bits per heavy atom. The molecular weight excluding hydrogens is 262 g/mol. The van der Waals surface area contributed by atoms with Crippen LogP contribution in [-0.2, 0) is 16.7 Å². The van der Waals surface area contributed by atoms with Crippen molar-refractivity contribution >= 4 is 31.9 Å². The fourth-order valence-electron chi connectivity index (χ4n) is 2.45. The van der Waals surface area contributed by atoms with Crippen molar-refractivity contribution in [1.29, 1.82) is 0 Å². The molecule has 0 radical (unpaired) electrons. The van der Waals surface area contributed by atoms with Gasteiger partial charge in [0.25, 0.3) is 10.1 Å². The van der Waals surface area contributed by atoms with E-state index in [9.17, 15) is 8.42 Å². The predicted molar refractivity (Wildman–Crippen MR) is 75.9 cm³/mol. The van der Waals surface area contributed by atoms with Gasteiger partial charge in [0.1, 0.15) is 0 Å². The van der Waals surface area contributed by atoms with E-state index in [2.05, 4.69) is 0 Å². The first-order chi connectivity index (χ1) is 9.06. The summed E-state index contributed by atoms with van der Waals surface area (Å²) in [6, 6.07) is 15.7. The maximum absolute atomic E-state index is 10.9. The Morgan fingerprint density at radius 2 is 1.37 bits per heavy atom. The average Bonchev–Trinajstić information content (AvgIpc) is 2.70. The highest BCUT2D eigenvalue weighted by molar-refractivity contribution is 7.85. The quantitative estimate of drug-likeness (QED) is 0.748. The molecule has 5 heteroatoms. The Kier molecular flexibility index (Phi) is 2.80. The van der Waals surface area contributed by atoms with Gasteiger partial charge in [-0.15, -0.1) is 0 Å². The van der Waals surface area contributed by atoms with E-state index in [0.717, 1.165) is 21.8 Å². The molecule has 0 saturated heterocycles. The number of nitrogens with zero attached hydrogens (tertiary/aromatic N) is 1. The van der Waals surface area contributed by atoms with E-state index in [1.807, 2.05) is 53.1 Å². The first-order valence-corrected chi connectivity index (χ1v) is 7.58. The number of hydrogen-bond acceptors (Lipinski definition) is 2. The molecular formula is C14H13NO3S. The number of aromatic nitrogens is 1. The highest BCUT2D eigenvalue weighted by Gasteiger charge is 2.12. The van der Waals surface area contributed by atoms with Crippen molar-refractivity contribution in [3.63, 3.8) is 0 Å². The summed E-state index contributed by atoms with van der Waals surface area (Å²) in [6.45, 7) is 0.243. The molecule has 4 nitrogen and oxygen atoms in total. The third-order valence-corrected chi connectivity index (χ3v) is 3.95. The zero-order valence-electron chi connectivity index (χ0n) is 10.2. The fraction of sp³-hybridized carbons (Fsp3) is 0.143. The van der Waals surface area contributed by atoms with E-state index in [1.54, 1.807) is 0 Å². The molecule has 1 N–H and O–H groups in total. The maximum atomic E-state index is 10.9. The molecule has 0 aliphatic heterocycles. The van der Waals surface area contributed by atoms with E-state index in [4.69, 9.17) is 4.55 Å². The zero-order chi connectivity index (χ0) is 13.5. The van der Waals surface area contributed by atoms with Gasteiger partial charge >= 0.3 is 0 Å². The fourth-order valence-corrected chi connectivity index (χ4v) is 2.86. The van der Waals surface area contributed by atoms with Crippen molar-refractivity contribution in [3.8, 4) is 0 Å². The van der Waals surface area contributed by atoms with E-state index < -0.39 is 10.1 Å². The van der Waals surface area contributed by atoms with E-state index in [-0.39, 0.29) is 12.3 Å². The second kappa shape index (κ2) is 4.36. The minimum absolute atomic E-state index is 0.243. The molecule has 1 aromatic heterocycles. The molecule has 0 fully saturated rings. The Morgan fingerprint density at radius 3 is 1.84 bits per heavy atom. The van der Waals surface area contributed by atoms with Crippen LogP contribution in [0.2, 0.25) is 0 Å². The lowest BCUT2D eigenvalue weighted by Crippen LogP contribution is -2.11. The molecule has 3 aromatic rings. The molecule has 0 aliphatic carbocycles. The lowest BCUT2D eigenvalue weighted by atomic mass is 10.2. The molecule has 0 aliphatic rings. The largest absolute Gasteiger partial charge is 0.339 e. The van der Waals surface area contributed by atoms with Gasteiger partial charge in [0, 0.05) is 28.4 Å². The first-order valence-electron chi connectivity index (χ1n) is 5.97. The summed E-state index contributed by atoms with van der Waals surface area (Å²) in [7, 11) is -3.96. The van der Waals surface area contributed by atoms with Gasteiger partial charge in [-0.05, 0) is 12.1 Å². The Labute approximate surface area is 111 Å². The molecule has 2 aromatic carbocycles. The van der Waals surface area contributed by atoms with Crippen LogP contribution < -0.4 is 0 Å². The number of aryl methyl sites for hydroxylation is 1. The van der Waals surface area contributed by atoms with Crippen LogP contribution >= 0.6 is 0 Å². The van der Waals surface area contributed by atoms with Crippen molar-refractivity contribution in [2.45, 2.75) is 6.54 Å². The molecule has 0 atom stereocenters. The Bertz CT molecular complexity index is 796. The summed E-state index contributed by atoms with van der Waals surface area (Å²) < 4.78 is 32.7. The van der Waals surface area contributed by atoms with Gasteiger partial charge in [0.15, 0.2) is 0 Å². The van der Waals surface area contributed by atoms with Crippen LogP contribution in [0.3, 0.4) is 0 Å². The minimum atomic E-state index is -3.96. The molecule has 0 bridgehead atoms. The van der Waals surface area contributed by atoms with Gasteiger partial charge in [-0.3, -0.25) is 4.55 Å². The van der Waals surface area contributed by atoms with Crippen LogP contribution in [0.1, 0.15) is 0 Å². The van der Waals surface area contributed by atoms with E-state index >= 15 is 0 Å². The van der Waals surface area contributed by atoms with E-state index in [1.165, 1.54) is 0 Å². The van der Waals surface area contributed by atoms with E-state index in [0.29, 0.717) is 0 Å². The minimum Gasteiger partial charge on any atom is -0.339 e. The van der Waals surface area contributed by atoms with Crippen LogP contribution in [0.4, 0.5) is 0 Å². The lowest BCUT2D eigenvalue weighted by Gasteiger charge is -2.05. The van der Waals surface area contributed by atoms with Crippen LogP contribution in [0.15, 0.2) is 48.5 Å². The standard InChI is InChI=1S/C14H13NO3S/c16-19(17,18)10-9-15-13-7-3-1-5-11(13)12-6-2-4-8-14(12)15/h1-8H,9-10H2,(H,16,17,18). The summed E-state index contributed by atoms with van der Waals surface area (Å²) in [5, 5.41) is 2.18. The second-order valence-electron chi connectivity index (χ2n) is 4.47. The number of rotatable bonds is 3. The molecule has 19 heavy (non-hydrogen) atoms. The van der Waals surface area contributed by atoms with Crippen LogP contribution in [0.5, 0.6) is 0 Å². The second-order valence-corrected chi connectivity index (χ2v) is 6.04. The number of para-hydroxylation sites is 2. The van der Waals surface area contributed by atoms with Gasteiger partial charge in [-0.25, -0.2) is 0 Å². The van der Waals surface area contributed by atoms with Crippen molar-refractivity contribution in [1.82, 2.24) is 4.57 Å². The SMILES string of the molecule is O=S(=O)(O)CCn1c2ccccc2c2ccccc21. The first kappa shape index (κ1) is 12.2. The van der Waals surface area contributed by atoms with Gasteiger partial charge in [0.05, 0.1) is 5.75 Å². The molecule has 3 rings (SSSR count). The maximum Gasteiger partial charge on any atom is 0.266 e. The number of hydrogen-bond donors (Lipinski definition) is 1. The van der Waals surface area contributed by atoms with Crippen LogP contribution in [0, 0.1) is 0 Å².